The molecule has 168 valence electrons. The first-order valence-corrected chi connectivity index (χ1v) is 10.9. The van der Waals surface area contributed by atoms with E-state index in [2.05, 4.69) is 5.32 Å². The number of ether oxygens (including phenoxy) is 1. The average Bonchev–Trinajstić information content (AvgIpc) is 2.85. The SMILES string of the molecule is CN(CCCNc1cc(=O)oc2ccccc12)C(=O)c1ccc(OCc2ccccc2)cc1. The van der Waals surface area contributed by atoms with Gasteiger partial charge in [-0.1, -0.05) is 42.5 Å². The summed E-state index contributed by atoms with van der Waals surface area (Å²) in [7, 11) is 1.79. The maximum Gasteiger partial charge on any atom is 0.338 e. The largest absolute Gasteiger partial charge is 0.489 e. The summed E-state index contributed by atoms with van der Waals surface area (Å²) in [4.78, 5) is 26.2. The second kappa shape index (κ2) is 10.5. The highest BCUT2D eigenvalue weighted by molar-refractivity contribution is 5.94. The Hall–Kier alpha value is -4.06. The molecule has 6 nitrogen and oxygen atoms in total. The molecule has 0 aliphatic carbocycles. The van der Waals surface area contributed by atoms with Crippen LogP contribution in [-0.4, -0.2) is 30.9 Å². The van der Waals surface area contributed by atoms with Gasteiger partial charge in [-0.25, -0.2) is 4.79 Å². The highest BCUT2D eigenvalue weighted by Crippen LogP contribution is 2.21. The van der Waals surface area contributed by atoms with E-state index in [0.717, 1.165) is 28.8 Å². The standard InChI is InChI=1S/C27H26N2O4/c1-29(17-7-16-28-24-18-26(30)33-25-11-6-5-10-23(24)25)27(31)21-12-14-22(15-13-21)32-19-20-8-3-2-4-9-20/h2-6,8-15,18,28H,7,16-17,19H2,1H3. The predicted molar refractivity (Wildman–Crippen MR) is 130 cm³/mol. The van der Waals surface area contributed by atoms with Crippen LogP contribution in [0.5, 0.6) is 5.75 Å². The predicted octanol–water partition coefficient (Wildman–Crippen LogP) is 4.95. The zero-order chi connectivity index (χ0) is 23.0. The van der Waals surface area contributed by atoms with Crippen molar-refractivity contribution in [3.8, 4) is 5.75 Å². The Morgan fingerprint density at radius 2 is 1.70 bits per heavy atom. The molecule has 4 aromatic rings. The smallest absolute Gasteiger partial charge is 0.338 e. The molecule has 0 saturated heterocycles. The van der Waals surface area contributed by atoms with Crippen molar-refractivity contribution < 1.29 is 13.9 Å². The Bertz CT molecular complexity index is 1270. The lowest BCUT2D eigenvalue weighted by Crippen LogP contribution is -2.28. The molecule has 4 rings (SSSR count). The zero-order valence-electron chi connectivity index (χ0n) is 18.5. The van der Waals surface area contributed by atoms with Crippen LogP contribution in [0.1, 0.15) is 22.3 Å². The molecule has 1 aromatic heterocycles. The average molecular weight is 443 g/mol. The molecule has 0 spiro atoms. The van der Waals surface area contributed by atoms with Crippen molar-refractivity contribution in [1.29, 1.82) is 0 Å². The van der Waals surface area contributed by atoms with E-state index in [0.29, 0.717) is 30.8 Å². The molecular weight excluding hydrogens is 416 g/mol. The fraction of sp³-hybridized carbons (Fsp3) is 0.185. The fourth-order valence-electron chi connectivity index (χ4n) is 3.55. The Morgan fingerprint density at radius 3 is 2.48 bits per heavy atom. The Labute approximate surface area is 192 Å². The van der Waals surface area contributed by atoms with Crippen molar-refractivity contribution in [2.45, 2.75) is 13.0 Å². The number of hydrogen-bond donors (Lipinski definition) is 1. The number of fused-ring (bicyclic) bond motifs is 1. The zero-order valence-corrected chi connectivity index (χ0v) is 18.5. The van der Waals surface area contributed by atoms with E-state index < -0.39 is 0 Å². The first kappa shape index (κ1) is 22.1. The molecule has 1 heterocycles. The van der Waals surface area contributed by atoms with Gasteiger partial charge in [-0.05, 0) is 48.4 Å². The first-order valence-electron chi connectivity index (χ1n) is 10.9. The summed E-state index contributed by atoms with van der Waals surface area (Å²) in [5.41, 5.74) is 2.61. The molecule has 0 bridgehead atoms. The third kappa shape index (κ3) is 5.80. The second-order valence-electron chi connectivity index (χ2n) is 7.78. The van der Waals surface area contributed by atoms with Crippen LogP contribution in [0.15, 0.2) is 94.1 Å². The molecule has 3 aromatic carbocycles. The topological polar surface area (TPSA) is 71.8 Å². The maximum atomic E-state index is 12.7. The summed E-state index contributed by atoms with van der Waals surface area (Å²) in [6.07, 6.45) is 0.731. The summed E-state index contributed by atoms with van der Waals surface area (Å²) < 4.78 is 11.0. The lowest BCUT2D eigenvalue weighted by atomic mass is 10.2. The Kier molecular flexibility index (Phi) is 7.05. The molecule has 6 heteroatoms. The Morgan fingerprint density at radius 1 is 0.970 bits per heavy atom. The van der Waals surface area contributed by atoms with Crippen molar-refractivity contribution in [2.24, 2.45) is 0 Å². The number of para-hydroxylation sites is 1. The fourth-order valence-corrected chi connectivity index (χ4v) is 3.55. The molecule has 0 atom stereocenters. The van der Waals surface area contributed by atoms with Gasteiger partial charge in [-0.15, -0.1) is 0 Å². The van der Waals surface area contributed by atoms with Crippen LogP contribution in [0.2, 0.25) is 0 Å². The molecule has 1 amide bonds. The van der Waals surface area contributed by atoms with Crippen LogP contribution in [0, 0.1) is 0 Å². The Balaban J connectivity index is 1.26. The second-order valence-corrected chi connectivity index (χ2v) is 7.78. The summed E-state index contributed by atoms with van der Waals surface area (Å²) in [6.45, 7) is 1.69. The molecule has 0 saturated carbocycles. The molecule has 0 unspecified atom stereocenters. The number of carbonyl (C=O) groups excluding carboxylic acids is 1. The monoisotopic (exact) mass is 442 g/mol. The molecule has 0 aliphatic heterocycles. The van der Waals surface area contributed by atoms with Crippen molar-refractivity contribution in [2.75, 3.05) is 25.5 Å². The van der Waals surface area contributed by atoms with Crippen LogP contribution in [0.3, 0.4) is 0 Å². The highest BCUT2D eigenvalue weighted by atomic mass is 16.5. The summed E-state index contributed by atoms with van der Waals surface area (Å²) in [5, 5.41) is 4.14. The van der Waals surface area contributed by atoms with Crippen LogP contribution in [0.4, 0.5) is 5.69 Å². The van der Waals surface area contributed by atoms with Crippen LogP contribution in [-0.2, 0) is 6.61 Å². The van der Waals surface area contributed by atoms with Crippen LogP contribution >= 0.6 is 0 Å². The number of nitrogens with zero attached hydrogens (tertiary/aromatic N) is 1. The number of rotatable bonds is 9. The van der Waals surface area contributed by atoms with Crippen molar-refractivity contribution in [3.63, 3.8) is 0 Å². The number of benzene rings is 3. The lowest BCUT2D eigenvalue weighted by Gasteiger charge is -2.18. The summed E-state index contributed by atoms with van der Waals surface area (Å²) in [5.74, 6) is 0.678. The summed E-state index contributed by atoms with van der Waals surface area (Å²) in [6, 6.07) is 26.0. The van der Waals surface area contributed by atoms with E-state index in [1.165, 1.54) is 6.07 Å². The first-order chi connectivity index (χ1) is 16.1. The number of amides is 1. The number of anilines is 1. The molecule has 33 heavy (non-hydrogen) atoms. The van der Waals surface area contributed by atoms with E-state index in [4.69, 9.17) is 9.15 Å². The minimum absolute atomic E-state index is 0.0459. The molecular formula is C27H26N2O4. The molecule has 0 aliphatic rings. The van der Waals surface area contributed by atoms with Gasteiger partial charge in [0.15, 0.2) is 0 Å². The number of hydrogen-bond acceptors (Lipinski definition) is 5. The van der Waals surface area contributed by atoms with E-state index >= 15 is 0 Å². The molecule has 0 radical (unpaired) electrons. The van der Waals surface area contributed by atoms with Gasteiger partial charge in [0.2, 0.25) is 0 Å². The van der Waals surface area contributed by atoms with Gasteiger partial charge in [0.1, 0.15) is 17.9 Å². The maximum absolute atomic E-state index is 12.7. The van der Waals surface area contributed by atoms with Gasteiger partial charge in [0.05, 0.1) is 5.69 Å². The van der Waals surface area contributed by atoms with Crippen molar-refractivity contribution in [1.82, 2.24) is 4.90 Å². The normalized spacial score (nSPS) is 10.7. The van der Waals surface area contributed by atoms with E-state index in [1.54, 1.807) is 30.1 Å². The van der Waals surface area contributed by atoms with Gasteiger partial charge in [0, 0.05) is 37.2 Å². The van der Waals surface area contributed by atoms with Gasteiger partial charge >= 0.3 is 5.63 Å². The third-order valence-corrected chi connectivity index (χ3v) is 5.33. The number of nitrogens with one attached hydrogen (secondary N) is 1. The van der Waals surface area contributed by atoms with Gasteiger partial charge in [-0.3, -0.25) is 4.79 Å². The highest BCUT2D eigenvalue weighted by Gasteiger charge is 2.12. The van der Waals surface area contributed by atoms with Gasteiger partial charge in [-0.2, -0.15) is 0 Å². The minimum atomic E-state index is -0.389. The van der Waals surface area contributed by atoms with E-state index in [9.17, 15) is 9.59 Å². The number of carbonyl (C=O) groups is 1. The van der Waals surface area contributed by atoms with Gasteiger partial charge < -0.3 is 19.4 Å². The molecule has 0 fully saturated rings. The van der Waals surface area contributed by atoms with Crippen LogP contribution in [0.25, 0.3) is 11.0 Å². The van der Waals surface area contributed by atoms with Gasteiger partial charge in [0.25, 0.3) is 5.91 Å². The van der Waals surface area contributed by atoms with E-state index in [-0.39, 0.29) is 11.5 Å². The quantitative estimate of drug-likeness (QED) is 0.293. The summed E-state index contributed by atoms with van der Waals surface area (Å²) >= 11 is 0. The third-order valence-electron chi connectivity index (χ3n) is 5.33. The van der Waals surface area contributed by atoms with E-state index in [1.807, 2.05) is 60.7 Å². The minimum Gasteiger partial charge on any atom is -0.489 e. The van der Waals surface area contributed by atoms with Crippen molar-refractivity contribution in [3.05, 3.63) is 106 Å². The van der Waals surface area contributed by atoms with Crippen molar-refractivity contribution >= 4 is 22.6 Å². The molecule has 1 N–H and O–H groups in total. The lowest BCUT2D eigenvalue weighted by molar-refractivity contribution is 0.0794. The van der Waals surface area contributed by atoms with Crippen LogP contribution < -0.4 is 15.7 Å².